The zero-order valence-electron chi connectivity index (χ0n) is 10.7. The van der Waals surface area contributed by atoms with Gasteiger partial charge in [-0.15, -0.1) is 5.10 Å². The first-order chi connectivity index (χ1) is 9.74. The molecule has 0 saturated heterocycles. The summed E-state index contributed by atoms with van der Waals surface area (Å²) >= 11 is 0. The molecule has 0 atom stereocenters. The van der Waals surface area contributed by atoms with Gasteiger partial charge in [0.05, 0.1) is 24.2 Å². The third kappa shape index (κ3) is 2.37. The Balaban J connectivity index is 1.82. The van der Waals surface area contributed by atoms with E-state index >= 15 is 0 Å². The maximum absolute atomic E-state index is 13.8. The average molecular weight is 273 g/mol. The predicted octanol–water partition coefficient (Wildman–Crippen LogP) is 2.31. The molecule has 1 aromatic carbocycles. The van der Waals surface area contributed by atoms with E-state index in [1.54, 1.807) is 18.4 Å². The van der Waals surface area contributed by atoms with Crippen LogP contribution in [0.3, 0.4) is 0 Å². The number of aromatic nitrogens is 4. The van der Waals surface area contributed by atoms with E-state index in [-0.39, 0.29) is 5.82 Å². The van der Waals surface area contributed by atoms with Crippen LogP contribution in [0.15, 0.2) is 41.3 Å². The fourth-order valence-electron chi connectivity index (χ4n) is 1.83. The zero-order chi connectivity index (χ0) is 13.9. The van der Waals surface area contributed by atoms with Crippen LogP contribution >= 0.6 is 0 Å². The highest BCUT2D eigenvalue weighted by molar-refractivity contribution is 5.52. The number of furan rings is 1. The van der Waals surface area contributed by atoms with Gasteiger partial charge in [0.25, 0.3) is 0 Å². The Hall–Kier alpha value is -2.70. The van der Waals surface area contributed by atoms with Crippen molar-refractivity contribution in [1.82, 2.24) is 20.2 Å². The molecule has 0 radical (unpaired) electrons. The number of tetrazole rings is 1. The van der Waals surface area contributed by atoms with Crippen molar-refractivity contribution in [3.05, 3.63) is 54.0 Å². The third-order valence-corrected chi connectivity index (χ3v) is 2.97. The summed E-state index contributed by atoms with van der Waals surface area (Å²) in [4.78, 5) is 0. The minimum absolute atomic E-state index is 0.342. The van der Waals surface area contributed by atoms with Crippen molar-refractivity contribution in [2.24, 2.45) is 0 Å². The topological polar surface area (TPSA) is 68.8 Å². The van der Waals surface area contributed by atoms with E-state index in [1.165, 1.54) is 17.1 Å². The van der Waals surface area contributed by atoms with Crippen LogP contribution in [0.5, 0.6) is 0 Å². The van der Waals surface area contributed by atoms with Crippen LogP contribution in [0, 0.1) is 12.7 Å². The van der Waals surface area contributed by atoms with Crippen LogP contribution in [-0.2, 0) is 6.54 Å². The Labute approximate surface area is 114 Å². The normalized spacial score (nSPS) is 10.7. The van der Waals surface area contributed by atoms with Crippen LogP contribution in [-0.4, -0.2) is 20.2 Å². The molecule has 0 aliphatic heterocycles. The van der Waals surface area contributed by atoms with E-state index < -0.39 is 0 Å². The Morgan fingerprint density at radius 2 is 2.25 bits per heavy atom. The number of anilines is 1. The van der Waals surface area contributed by atoms with Crippen LogP contribution in [0.25, 0.3) is 5.69 Å². The van der Waals surface area contributed by atoms with Crippen LogP contribution in [0.4, 0.5) is 10.1 Å². The molecule has 0 bridgehead atoms. The minimum atomic E-state index is -0.342. The summed E-state index contributed by atoms with van der Waals surface area (Å²) in [6, 6.07) is 6.48. The lowest BCUT2D eigenvalue weighted by atomic mass is 10.2. The lowest BCUT2D eigenvalue weighted by Crippen LogP contribution is -2.03. The predicted molar refractivity (Wildman–Crippen MR) is 69.9 cm³/mol. The van der Waals surface area contributed by atoms with E-state index in [0.717, 1.165) is 11.3 Å². The Kier molecular flexibility index (Phi) is 3.16. The van der Waals surface area contributed by atoms with E-state index in [4.69, 9.17) is 4.42 Å². The summed E-state index contributed by atoms with van der Waals surface area (Å²) in [6.45, 7) is 2.35. The van der Waals surface area contributed by atoms with Gasteiger partial charge in [0.2, 0.25) is 0 Å². The molecule has 0 unspecified atom stereocenters. The van der Waals surface area contributed by atoms with Crippen LogP contribution in [0.1, 0.15) is 11.3 Å². The molecule has 3 aromatic rings. The number of nitrogens with one attached hydrogen (secondary N) is 1. The Morgan fingerprint density at radius 1 is 1.35 bits per heavy atom. The number of hydrogen-bond donors (Lipinski definition) is 1. The van der Waals surface area contributed by atoms with E-state index in [9.17, 15) is 4.39 Å². The number of nitrogens with zero attached hydrogens (tertiary/aromatic N) is 4. The van der Waals surface area contributed by atoms with Gasteiger partial charge in [-0.3, -0.25) is 0 Å². The first kappa shape index (κ1) is 12.3. The molecule has 6 nitrogen and oxygen atoms in total. The summed E-state index contributed by atoms with van der Waals surface area (Å²) < 4.78 is 20.6. The second-order valence-electron chi connectivity index (χ2n) is 4.30. The van der Waals surface area contributed by atoms with Crippen molar-refractivity contribution < 1.29 is 8.81 Å². The fraction of sp³-hybridized carbons (Fsp3) is 0.154. The number of rotatable bonds is 4. The van der Waals surface area contributed by atoms with Crippen molar-refractivity contribution in [2.45, 2.75) is 13.5 Å². The van der Waals surface area contributed by atoms with Crippen molar-refractivity contribution in [3.8, 4) is 5.69 Å². The van der Waals surface area contributed by atoms with Crippen molar-refractivity contribution >= 4 is 5.69 Å². The minimum Gasteiger partial charge on any atom is -0.467 e. The monoisotopic (exact) mass is 273 g/mol. The van der Waals surface area contributed by atoms with Crippen molar-refractivity contribution in [3.63, 3.8) is 0 Å². The Morgan fingerprint density at radius 3 is 2.95 bits per heavy atom. The summed E-state index contributed by atoms with van der Waals surface area (Å²) in [6.07, 6.45) is 3.06. The van der Waals surface area contributed by atoms with E-state index in [2.05, 4.69) is 20.8 Å². The maximum Gasteiger partial charge on any atom is 0.146 e. The highest BCUT2D eigenvalue weighted by Crippen LogP contribution is 2.20. The number of aryl methyl sites for hydroxylation is 1. The maximum atomic E-state index is 13.8. The molecule has 2 heterocycles. The second-order valence-corrected chi connectivity index (χ2v) is 4.30. The SMILES string of the molecule is Cc1ccoc1CNc1cc(-n2cnnn2)ccc1F. The molecule has 102 valence electrons. The van der Waals surface area contributed by atoms with E-state index in [0.29, 0.717) is 17.9 Å². The first-order valence-corrected chi connectivity index (χ1v) is 6.04. The standard InChI is InChI=1S/C13H12FN5O/c1-9-4-5-20-13(9)7-15-12-6-10(2-3-11(12)14)19-8-16-17-18-19/h2-6,8,15H,7H2,1H3. The lowest BCUT2D eigenvalue weighted by Gasteiger charge is -2.08. The molecule has 0 spiro atoms. The second kappa shape index (κ2) is 5.12. The fourth-order valence-corrected chi connectivity index (χ4v) is 1.83. The van der Waals surface area contributed by atoms with Crippen LogP contribution < -0.4 is 5.32 Å². The molecule has 2 aromatic heterocycles. The Bertz CT molecular complexity index is 707. The molecule has 0 amide bonds. The van der Waals surface area contributed by atoms with Gasteiger partial charge in [-0.2, -0.15) is 0 Å². The van der Waals surface area contributed by atoms with Crippen molar-refractivity contribution in [2.75, 3.05) is 5.32 Å². The highest BCUT2D eigenvalue weighted by atomic mass is 19.1. The lowest BCUT2D eigenvalue weighted by molar-refractivity contribution is 0.514. The molecule has 7 heteroatoms. The average Bonchev–Trinajstić information content (AvgIpc) is 3.10. The first-order valence-electron chi connectivity index (χ1n) is 6.04. The number of hydrogen-bond acceptors (Lipinski definition) is 5. The third-order valence-electron chi connectivity index (χ3n) is 2.97. The van der Waals surface area contributed by atoms with E-state index in [1.807, 2.05) is 13.0 Å². The molecule has 0 aliphatic carbocycles. The number of benzene rings is 1. The summed E-state index contributed by atoms with van der Waals surface area (Å²) in [7, 11) is 0. The van der Waals surface area contributed by atoms with Gasteiger partial charge >= 0.3 is 0 Å². The largest absolute Gasteiger partial charge is 0.467 e. The van der Waals surface area contributed by atoms with Crippen LogP contribution in [0.2, 0.25) is 0 Å². The van der Waals surface area contributed by atoms with Crippen molar-refractivity contribution in [1.29, 1.82) is 0 Å². The quantitative estimate of drug-likeness (QED) is 0.790. The number of halogens is 1. The van der Waals surface area contributed by atoms with Gasteiger partial charge in [0.15, 0.2) is 0 Å². The molecule has 20 heavy (non-hydrogen) atoms. The molecule has 0 fully saturated rings. The van der Waals surface area contributed by atoms with Gasteiger partial charge in [0.1, 0.15) is 17.9 Å². The molecule has 1 N–H and O–H groups in total. The van der Waals surface area contributed by atoms with Gasteiger partial charge in [-0.1, -0.05) is 0 Å². The summed E-state index contributed by atoms with van der Waals surface area (Å²) in [5, 5.41) is 13.9. The molecular weight excluding hydrogens is 261 g/mol. The molecule has 3 rings (SSSR count). The molecule has 0 saturated carbocycles. The van der Waals surface area contributed by atoms with Gasteiger partial charge < -0.3 is 9.73 Å². The zero-order valence-corrected chi connectivity index (χ0v) is 10.7. The summed E-state index contributed by atoms with van der Waals surface area (Å²) in [5.41, 5.74) is 2.07. The highest BCUT2D eigenvalue weighted by Gasteiger charge is 2.07. The van der Waals surface area contributed by atoms with Gasteiger partial charge in [-0.05, 0) is 47.2 Å². The smallest absolute Gasteiger partial charge is 0.146 e. The summed E-state index contributed by atoms with van der Waals surface area (Å²) in [5.74, 6) is 0.434. The van der Waals surface area contributed by atoms with Gasteiger partial charge in [-0.25, -0.2) is 9.07 Å². The molecular formula is C13H12FN5O. The van der Waals surface area contributed by atoms with Gasteiger partial charge in [0, 0.05) is 0 Å². The molecule has 0 aliphatic rings.